The van der Waals surface area contributed by atoms with Gasteiger partial charge < -0.3 is 19.8 Å². The molecule has 0 saturated carbocycles. The van der Waals surface area contributed by atoms with E-state index in [0.717, 1.165) is 0 Å². The highest BCUT2D eigenvalue weighted by atomic mass is 127. The van der Waals surface area contributed by atoms with Crippen molar-refractivity contribution in [2.75, 3.05) is 0 Å². The Labute approximate surface area is 56.2 Å². The highest BCUT2D eigenvalue weighted by Gasteiger charge is 2.00. The second-order valence-electron chi connectivity index (χ2n) is 0.575. The molecule has 0 amide bonds. The average Bonchev–Trinajstić information content (AvgIpc) is 1.36. The van der Waals surface area contributed by atoms with Gasteiger partial charge in [0.15, 0.2) is 0 Å². The molecule has 0 aromatic rings. The first-order valence-corrected chi connectivity index (χ1v) is 1.07. The Kier molecular flexibility index (Phi) is 5.40. The van der Waals surface area contributed by atoms with Crippen LogP contribution >= 0.6 is 0 Å². The van der Waals surface area contributed by atoms with Crippen molar-refractivity contribution in [3.8, 4) is 0 Å². The number of carbonyl (C=O) groups excluding carboxylic acids is 2. The van der Waals surface area contributed by atoms with Crippen molar-refractivity contribution in [2.45, 2.75) is 0 Å². The summed E-state index contributed by atoms with van der Waals surface area (Å²) in [4.78, 5) is 17.9. The molecule has 0 aromatic carbocycles. The lowest BCUT2D eigenvalue weighted by Crippen LogP contribution is -3.00. The monoisotopic (exact) mass is 215 g/mol. The first-order chi connectivity index (χ1) is 2.64. The largest absolute Gasteiger partial charge is 2.00 e. The highest BCUT2D eigenvalue weighted by molar-refractivity contribution is 6.25. The van der Waals surface area contributed by atoms with Gasteiger partial charge in [0.1, 0.15) is 0 Å². The molecule has 0 spiro atoms. The predicted octanol–water partition coefficient (Wildman–Crippen LogP) is -6.51. The maximum Gasteiger partial charge on any atom is 2.00 e. The Morgan fingerprint density at radius 3 is 1.14 bits per heavy atom. The fourth-order valence-electron chi connectivity index (χ4n) is 0. The minimum atomic E-state index is -2.19. The number of hydrogen-bond donors (Lipinski definition) is 0. The van der Waals surface area contributed by atoms with Crippen molar-refractivity contribution in [2.24, 2.45) is 0 Å². The summed E-state index contributed by atoms with van der Waals surface area (Å²) < 4.78 is 0. The van der Waals surface area contributed by atoms with Gasteiger partial charge in [0.25, 0.3) is 0 Å². The molecule has 39 valence electrons. The molecule has 0 heterocycles. The van der Waals surface area contributed by atoms with E-state index in [1.807, 2.05) is 0 Å². The van der Waals surface area contributed by atoms with Crippen LogP contribution in [-0.4, -0.2) is 11.9 Å². The summed E-state index contributed by atoms with van der Waals surface area (Å²) in [5.41, 5.74) is 0. The highest BCUT2D eigenvalue weighted by Crippen LogP contribution is 1.41. The number of hydrogen-bond acceptors (Lipinski definition) is 4. The Hall–Kier alpha value is -0.330. The summed E-state index contributed by atoms with van der Waals surface area (Å²) in [7, 11) is 0. The lowest BCUT2D eigenvalue weighted by molar-refractivity contribution is -0.345. The first-order valence-electron chi connectivity index (χ1n) is 1.07. The van der Waals surface area contributed by atoms with Gasteiger partial charge in [0, 0.05) is 0 Å². The fraction of sp³-hybridized carbons (Fsp3) is 0. The minimum absolute atomic E-state index is 0. The maximum atomic E-state index is 8.93. The molecule has 0 saturated heterocycles. The van der Waals surface area contributed by atoms with E-state index < -0.39 is 11.9 Å². The van der Waals surface area contributed by atoms with Crippen LogP contribution in [-0.2, 0) is 9.59 Å². The third-order valence-electron chi connectivity index (χ3n) is 0.167. The molecule has 0 fully saturated rings. The Morgan fingerprint density at radius 2 is 1.14 bits per heavy atom. The summed E-state index contributed by atoms with van der Waals surface area (Å²) in [6, 6.07) is 0. The summed E-state index contributed by atoms with van der Waals surface area (Å²) in [6.45, 7) is 0. The number of carbonyl (C=O) groups is 2. The normalized spacial score (nSPS) is 6.29. The number of aliphatic carboxylic acids is 2. The topological polar surface area (TPSA) is 80.3 Å². The zero-order valence-electron chi connectivity index (χ0n) is 3.01. The van der Waals surface area contributed by atoms with Gasteiger partial charge in [-0.1, -0.05) is 0 Å². The zero-order valence-corrected chi connectivity index (χ0v) is 5.17. The Morgan fingerprint density at radius 1 is 1.00 bits per heavy atom. The standard InChI is InChI=1S/C2H2O4.I/c3-1(4)2(5)6;/h(H,3,4)(H,5,6);/q;+2/p-2. The Bertz CT molecular complexity index is 75.7. The van der Waals surface area contributed by atoms with Crippen LogP contribution in [0.5, 0.6) is 0 Å². The molecule has 0 aliphatic rings. The molecule has 0 aliphatic carbocycles. The van der Waals surface area contributed by atoms with Crippen LogP contribution in [0, 0.1) is 0 Å². The molecule has 0 aliphatic heterocycles. The third-order valence-corrected chi connectivity index (χ3v) is 0.167. The van der Waals surface area contributed by atoms with E-state index in [1.54, 1.807) is 0 Å². The van der Waals surface area contributed by atoms with Crippen molar-refractivity contribution in [1.82, 2.24) is 0 Å². The van der Waals surface area contributed by atoms with E-state index in [1.165, 1.54) is 0 Å². The van der Waals surface area contributed by atoms with E-state index in [2.05, 4.69) is 0 Å². The molecular formula is C2IO4. The molecule has 7 heavy (non-hydrogen) atoms. The van der Waals surface area contributed by atoms with Gasteiger partial charge in [-0.05, 0) is 0 Å². The SMILES string of the molecule is O=C([O-])C(=O)[O-].[I+2]. The van der Waals surface area contributed by atoms with Crippen molar-refractivity contribution in [3.05, 3.63) is 0 Å². The lowest BCUT2D eigenvalue weighted by Gasteiger charge is -1.97. The maximum absolute atomic E-state index is 8.93. The predicted molar refractivity (Wildman–Crippen MR) is 10.0 cm³/mol. The molecule has 0 atom stereocenters. The summed E-state index contributed by atoms with van der Waals surface area (Å²) >= 11 is 0. The van der Waals surface area contributed by atoms with Gasteiger partial charge in [0.2, 0.25) is 0 Å². The Balaban J connectivity index is 0. The summed E-state index contributed by atoms with van der Waals surface area (Å²) in [5.74, 6) is -4.37. The molecule has 3 radical (unpaired) electrons. The molecule has 0 unspecified atom stereocenters. The van der Waals surface area contributed by atoms with Crippen LogP contribution in [0.3, 0.4) is 0 Å². The molecular weight excluding hydrogens is 215 g/mol. The first kappa shape index (κ1) is 9.83. The van der Waals surface area contributed by atoms with E-state index in [9.17, 15) is 0 Å². The number of carboxylic acid groups (broad SMARTS) is 2. The molecule has 4 nitrogen and oxygen atoms in total. The van der Waals surface area contributed by atoms with Gasteiger partial charge in [-0.3, -0.25) is 0 Å². The molecule has 0 rings (SSSR count). The summed E-state index contributed by atoms with van der Waals surface area (Å²) in [5, 5.41) is 17.9. The third kappa shape index (κ3) is 5.67. The van der Waals surface area contributed by atoms with Crippen LogP contribution in [0.4, 0.5) is 0 Å². The molecule has 0 bridgehead atoms. The van der Waals surface area contributed by atoms with E-state index in [-0.39, 0.29) is 24.0 Å². The lowest BCUT2D eigenvalue weighted by atomic mass is 10.7. The summed E-state index contributed by atoms with van der Waals surface area (Å²) in [6.07, 6.45) is 0. The van der Waals surface area contributed by atoms with Crippen molar-refractivity contribution in [1.29, 1.82) is 0 Å². The minimum Gasteiger partial charge on any atom is -0.543 e. The van der Waals surface area contributed by atoms with E-state index in [0.29, 0.717) is 0 Å². The molecule has 0 N–H and O–H groups in total. The van der Waals surface area contributed by atoms with Crippen LogP contribution in [0.2, 0.25) is 0 Å². The van der Waals surface area contributed by atoms with Crippen LogP contribution in [0.25, 0.3) is 0 Å². The van der Waals surface area contributed by atoms with Gasteiger partial charge in [-0.25, -0.2) is 0 Å². The fourth-order valence-corrected chi connectivity index (χ4v) is 0. The zero-order chi connectivity index (χ0) is 5.15. The second kappa shape index (κ2) is 3.85. The van der Waals surface area contributed by atoms with E-state index >= 15 is 0 Å². The number of halogens is 1. The van der Waals surface area contributed by atoms with Crippen molar-refractivity contribution in [3.63, 3.8) is 0 Å². The van der Waals surface area contributed by atoms with Gasteiger partial charge in [0.05, 0.1) is 11.9 Å². The second-order valence-corrected chi connectivity index (χ2v) is 0.575. The number of carboxylic acids is 2. The van der Waals surface area contributed by atoms with Gasteiger partial charge in [-0.2, -0.15) is 0 Å². The molecule has 0 aromatic heterocycles. The van der Waals surface area contributed by atoms with Gasteiger partial charge >= 0.3 is 24.0 Å². The smallest absolute Gasteiger partial charge is 0.543 e. The average molecular weight is 215 g/mol. The van der Waals surface area contributed by atoms with E-state index in [4.69, 9.17) is 19.8 Å². The van der Waals surface area contributed by atoms with Crippen molar-refractivity contribution < 1.29 is 43.8 Å². The van der Waals surface area contributed by atoms with Crippen LogP contribution in [0.1, 0.15) is 0 Å². The van der Waals surface area contributed by atoms with Crippen LogP contribution in [0.15, 0.2) is 0 Å². The van der Waals surface area contributed by atoms with Crippen molar-refractivity contribution >= 4 is 11.9 Å². The molecule has 5 heteroatoms. The quantitative estimate of drug-likeness (QED) is 0.297. The van der Waals surface area contributed by atoms with Crippen LogP contribution < -0.4 is 34.2 Å². The van der Waals surface area contributed by atoms with Gasteiger partial charge in [-0.15, -0.1) is 0 Å². The number of rotatable bonds is 0.